The third-order valence-electron chi connectivity index (χ3n) is 8.86. The highest BCUT2D eigenvalue weighted by Gasteiger charge is 2.51. The molecule has 2 N–H and O–H groups in total. The SMILES string of the molecule is O=C(CCC/C=C\C[C@@H]1[C@@H](/C=C/C(F)(F)COc2ccccc2)[C@H](O)C[C@@H]1O)OC1CO[C@H]2[C@@H]1OC[C@H]2OC(=O)CCOCC(CO[N+](=O)[O-])O[N+](=O)[O-]. The molecule has 3 aliphatic rings. The van der Waals surface area contributed by atoms with Gasteiger partial charge < -0.3 is 48.3 Å². The number of hydrogen-bond donors (Lipinski definition) is 2. The molecule has 1 aromatic carbocycles. The van der Waals surface area contributed by atoms with E-state index >= 15 is 0 Å². The molecule has 18 nitrogen and oxygen atoms in total. The molecule has 1 aliphatic carbocycles. The Morgan fingerprint density at radius 3 is 2.26 bits per heavy atom. The number of nitrogens with zero attached hydrogens (tertiary/aromatic N) is 2. The Balaban J connectivity index is 1.10. The predicted octanol–water partition coefficient (Wildman–Crippen LogP) is 2.54. The van der Waals surface area contributed by atoms with E-state index in [4.69, 9.17) is 28.4 Å². The number of carbonyl (C=O) groups is 2. The molecule has 2 unspecified atom stereocenters. The lowest BCUT2D eigenvalue weighted by molar-refractivity contribution is -0.790. The third kappa shape index (κ3) is 13.7. The first-order valence-electron chi connectivity index (χ1n) is 17.4. The summed E-state index contributed by atoms with van der Waals surface area (Å²) < 4.78 is 61.5. The second kappa shape index (κ2) is 20.8. The van der Waals surface area contributed by atoms with Crippen molar-refractivity contribution < 1.29 is 76.9 Å². The molecule has 300 valence electrons. The van der Waals surface area contributed by atoms with E-state index in [2.05, 4.69) is 9.68 Å². The first-order valence-corrected chi connectivity index (χ1v) is 17.4. The minimum atomic E-state index is -3.28. The van der Waals surface area contributed by atoms with Crippen molar-refractivity contribution in [1.82, 2.24) is 0 Å². The van der Waals surface area contributed by atoms with E-state index in [-0.39, 0.29) is 39.1 Å². The molecule has 0 radical (unpaired) electrons. The van der Waals surface area contributed by atoms with E-state index in [1.54, 1.807) is 36.4 Å². The average Bonchev–Trinajstić information content (AvgIpc) is 3.79. The number of rotatable bonds is 23. The van der Waals surface area contributed by atoms with Crippen LogP contribution >= 0.6 is 0 Å². The molecule has 3 fully saturated rings. The molecule has 1 saturated carbocycles. The van der Waals surface area contributed by atoms with Crippen molar-refractivity contribution in [2.24, 2.45) is 11.8 Å². The van der Waals surface area contributed by atoms with Gasteiger partial charge in [0.1, 0.15) is 24.6 Å². The van der Waals surface area contributed by atoms with Crippen LogP contribution in [0, 0.1) is 32.1 Å². The zero-order valence-electron chi connectivity index (χ0n) is 29.1. The highest BCUT2D eigenvalue weighted by atomic mass is 19.3. The second-order valence-electron chi connectivity index (χ2n) is 12.9. The first kappa shape index (κ1) is 42.2. The minimum absolute atomic E-state index is 0.00771. The molecule has 0 aromatic heterocycles. The van der Waals surface area contributed by atoms with Gasteiger partial charge in [-0.25, -0.2) is 0 Å². The minimum Gasteiger partial charge on any atom is -0.487 e. The molecule has 20 heteroatoms. The predicted molar refractivity (Wildman–Crippen MR) is 177 cm³/mol. The van der Waals surface area contributed by atoms with Crippen LogP contribution in [0.5, 0.6) is 5.75 Å². The number of aliphatic hydroxyl groups is 2. The summed E-state index contributed by atoms with van der Waals surface area (Å²) in [7, 11) is 0. The van der Waals surface area contributed by atoms with Gasteiger partial charge in [0.2, 0.25) is 0 Å². The van der Waals surface area contributed by atoms with Crippen LogP contribution in [0.3, 0.4) is 0 Å². The quantitative estimate of drug-likeness (QED) is 0.0534. The van der Waals surface area contributed by atoms with Crippen LogP contribution in [0.1, 0.15) is 38.5 Å². The van der Waals surface area contributed by atoms with Crippen LogP contribution in [0.15, 0.2) is 54.6 Å². The summed E-state index contributed by atoms with van der Waals surface area (Å²) in [4.78, 5) is 54.0. The van der Waals surface area contributed by atoms with Crippen LogP contribution < -0.4 is 4.74 Å². The summed E-state index contributed by atoms with van der Waals surface area (Å²) in [5, 5.41) is 39.4. The van der Waals surface area contributed by atoms with Crippen LogP contribution in [0.2, 0.25) is 0 Å². The van der Waals surface area contributed by atoms with E-state index in [1.165, 1.54) is 6.08 Å². The topological polar surface area (TPSA) is 235 Å². The molecule has 0 amide bonds. The normalized spacial score (nSPS) is 27.1. The summed E-state index contributed by atoms with van der Waals surface area (Å²) in [5.41, 5.74) is 0. The number of aliphatic hydroxyl groups excluding tert-OH is 2. The molecular formula is C34H44F2N2O16. The van der Waals surface area contributed by atoms with Crippen LogP contribution in [-0.4, -0.2) is 121 Å². The fourth-order valence-corrected chi connectivity index (χ4v) is 6.27. The van der Waals surface area contributed by atoms with Crippen molar-refractivity contribution in [2.75, 3.05) is 39.6 Å². The van der Waals surface area contributed by atoms with Crippen LogP contribution in [0.25, 0.3) is 0 Å². The van der Waals surface area contributed by atoms with Gasteiger partial charge in [0, 0.05) is 18.8 Å². The van der Waals surface area contributed by atoms with E-state index < -0.39 is 102 Å². The summed E-state index contributed by atoms with van der Waals surface area (Å²) in [6.07, 6.45) is 0.670. The number of esters is 2. The summed E-state index contributed by atoms with van der Waals surface area (Å²) in [5.74, 6) is -5.30. The smallest absolute Gasteiger partial charge is 0.308 e. The number of carbonyl (C=O) groups excluding carboxylic acids is 2. The van der Waals surface area contributed by atoms with Gasteiger partial charge in [0.15, 0.2) is 24.9 Å². The van der Waals surface area contributed by atoms with Crippen molar-refractivity contribution in [3.8, 4) is 5.75 Å². The van der Waals surface area contributed by atoms with Crippen molar-refractivity contribution in [2.45, 2.75) is 87.2 Å². The lowest BCUT2D eigenvalue weighted by atomic mass is 9.89. The Morgan fingerprint density at radius 1 is 0.944 bits per heavy atom. The standard InChI is InChI=1S/C34H44F2N2O16/c35-34(36,21-50-22-8-4-3-5-9-22)14-12-25-24(26(39)16-27(25)40)10-6-1-2-7-11-30(41)52-28-19-48-33-29(20-49-32(28)33)53-31(42)13-15-47-17-23(54-38(45)46)18-51-37(43)44/h1,3-6,8-9,12,14,23-29,32-33,39-40H,2,7,10-11,13,15-21H2/b6-1-,14-12+/t23?,24-,25-,26+,27-,28?,29-,32-,33-/m1/s1. The van der Waals surface area contributed by atoms with Gasteiger partial charge >= 0.3 is 11.9 Å². The Kier molecular flexibility index (Phi) is 16.3. The molecule has 0 bridgehead atoms. The number of unbranched alkanes of at least 4 members (excludes halogenated alkanes) is 1. The molecule has 2 saturated heterocycles. The zero-order chi connectivity index (χ0) is 39.1. The van der Waals surface area contributed by atoms with Crippen molar-refractivity contribution >= 4 is 11.9 Å². The van der Waals surface area contributed by atoms with E-state index in [1.807, 2.05) is 6.08 Å². The molecule has 1 aromatic rings. The van der Waals surface area contributed by atoms with Gasteiger partial charge in [-0.1, -0.05) is 36.4 Å². The highest BCUT2D eigenvalue weighted by Crippen LogP contribution is 2.37. The number of fused-ring (bicyclic) bond motifs is 1. The third-order valence-corrected chi connectivity index (χ3v) is 8.86. The number of allylic oxidation sites excluding steroid dienone is 2. The van der Waals surface area contributed by atoms with Gasteiger partial charge in [-0.05, 0) is 43.4 Å². The van der Waals surface area contributed by atoms with E-state index in [0.29, 0.717) is 31.1 Å². The Bertz CT molecular complexity index is 1440. The van der Waals surface area contributed by atoms with Gasteiger partial charge in [-0.3, -0.25) is 9.59 Å². The maximum Gasteiger partial charge on any atom is 0.308 e. The summed E-state index contributed by atoms with van der Waals surface area (Å²) in [6, 6.07) is 8.23. The van der Waals surface area contributed by atoms with Crippen LogP contribution in [-0.2, 0) is 42.9 Å². The molecule has 9 atom stereocenters. The second-order valence-corrected chi connectivity index (χ2v) is 12.9. The van der Waals surface area contributed by atoms with Gasteiger partial charge in [-0.15, -0.1) is 20.2 Å². The molecular weight excluding hydrogens is 730 g/mol. The lowest BCUT2D eigenvalue weighted by Crippen LogP contribution is -2.36. The Hall–Kier alpha value is -4.50. The molecule has 4 rings (SSSR count). The summed E-state index contributed by atoms with van der Waals surface area (Å²) in [6.45, 7) is -2.29. The van der Waals surface area contributed by atoms with Crippen molar-refractivity contribution in [3.63, 3.8) is 0 Å². The average molecular weight is 775 g/mol. The molecule has 2 aliphatic heterocycles. The van der Waals surface area contributed by atoms with Gasteiger partial charge in [-0.2, -0.15) is 8.78 Å². The summed E-state index contributed by atoms with van der Waals surface area (Å²) >= 11 is 0. The zero-order valence-corrected chi connectivity index (χ0v) is 29.1. The van der Waals surface area contributed by atoms with Crippen molar-refractivity contribution in [3.05, 3.63) is 74.9 Å². The monoisotopic (exact) mass is 774 g/mol. The number of benzene rings is 1. The fraction of sp³-hybridized carbons (Fsp3) is 0.647. The van der Waals surface area contributed by atoms with Crippen LogP contribution in [0.4, 0.5) is 8.78 Å². The molecule has 2 heterocycles. The van der Waals surface area contributed by atoms with Gasteiger partial charge in [0.25, 0.3) is 16.1 Å². The molecule has 54 heavy (non-hydrogen) atoms. The van der Waals surface area contributed by atoms with Gasteiger partial charge in [0.05, 0.1) is 45.1 Å². The lowest BCUT2D eigenvalue weighted by Gasteiger charge is -2.20. The number of hydrogen-bond acceptors (Lipinski definition) is 16. The number of halogens is 2. The van der Waals surface area contributed by atoms with E-state index in [9.17, 15) is 48.8 Å². The van der Waals surface area contributed by atoms with E-state index in [0.717, 1.165) is 0 Å². The van der Waals surface area contributed by atoms with Crippen molar-refractivity contribution in [1.29, 1.82) is 0 Å². The number of alkyl halides is 2. The Morgan fingerprint density at radius 2 is 1.61 bits per heavy atom. The largest absolute Gasteiger partial charge is 0.487 e. The maximum absolute atomic E-state index is 14.5. The highest BCUT2D eigenvalue weighted by molar-refractivity contribution is 5.70. The molecule has 0 spiro atoms. The fourth-order valence-electron chi connectivity index (χ4n) is 6.27. The maximum atomic E-state index is 14.5. The Labute approximate surface area is 308 Å². The number of ether oxygens (including phenoxy) is 6. The first-order chi connectivity index (χ1) is 25.8. The number of para-hydroxylation sites is 1.